The molecule has 6 rings (SSSR count). The molecule has 0 spiro atoms. The first-order valence-corrected chi connectivity index (χ1v) is 92.0. The molecule has 32 nitrogen and oxygen atoms in total. The molecular weight excluding hydrogens is 2510 g/mol. The lowest BCUT2D eigenvalue weighted by Crippen LogP contribution is -2.90. The van der Waals surface area contributed by atoms with Crippen LogP contribution in [0.15, 0.2) is 0 Å². The molecule has 56 heteroatoms. The van der Waals surface area contributed by atoms with Crippen LogP contribution < -0.4 is 0 Å². The highest BCUT2D eigenvalue weighted by Gasteiger charge is 2.87. The minimum Gasteiger partial charge on any atom is -0.465 e. The van der Waals surface area contributed by atoms with Crippen molar-refractivity contribution in [2.75, 3.05) is 52.9 Å². The van der Waals surface area contributed by atoms with E-state index in [1.54, 1.807) is 111 Å². The third kappa shape index (κ3) is 41.6. The van der Waals surface area contributed by atoms with E-state index in [1.165, 1.54) is 0 Å². The Morgan fingerprint density at radius 1 is 0.197 bits per heavy atom. The van der Waals surface area contributed by atoms with E-state index in [0.29, 0.717) is 99.7 Å². The van der Waals surface area contributed by atoms with E-state index in [9.17, 15) is 38.4 Å². The van der Waals surface area contributed by atoms with Crippen LogP contribution in [0.2, 0.25) is 176 Å². The standard InChI is InChI=1S/C76H152Br8O32Si16/c1-69(2,77)61(85)93-41-33-49-117(17,18)101-125-57-126(102-118(19,20)50-34-42-94-62(86)70(3,4)78)110-129(105-121(25,26)53-37-45-97-65(89)73(9,10)81)58-127(109-125,103-119(21,22)51-35-43-95-63(87)71(5,6)79)115-130(106-122(27,28)54-38-46-98-66(90)74(11,12)82)59-128(113-125,104-120(23,24)52-36-44-96-64(88)72(7,8)80)111-131(114-126,107-123(29,30)55-39-47-99-67(91)75(13,14)83)60-132(112-130,116-129)108-124(31,32)56-40-48-100-68(92)76(15,16)84/h33-60H2,1-32H3. The second-order valence-electron chi connectivity index (χ2n) is 43.6. The van der Waals surface area contributed by atoms with E-state index in [1.807, 2.05) is 105 Å². The van der Waals surface area contributed by atoms with E-state index >= 15 is 0 Å². The number of rotatable bonds is 56. The molecule has 132 heavy (non-hydrogen) atoms. The van der Waals surface area contributed by atoms with Crippen LogP contribution in [0.1, 0.15) is 162 Å². The third-order valence-electron chi connectivity index (χ3n) is 20.8. The van der Waals surface area contributed by atoms with Gasteiger partial charge in [-0.05, 0) is 315 Å². The zero-order valence-electron chi connectivity index (χ0n) is 83.9. The molecule has 0 radical (unpaired) electrons. The molecule has 6 fully saturated rings. The van der Waals surface area contributed by atoms with E-state index in [4.69, 9.17) is 104 Å². The average molecular weight is 2670 g/mol. The molecule has 6 aliphatic heterocycles. The molecular formula is C76H152Br8O32Si16. The van der Waals surface area contributed by atoms with E-state index in [0.717, 1.165) is 0 Å². The van der Waals surface area contributed by atoms with Crippen molar-refractivity contribution >= 4 is 312 Å². The van der Waals surface area contributed by atoms with Crippen LogP contribution in [0.25, 0.3) is 0 Å². The Labute approximate surface area is 870 Å². The molecule has 0 atom stereocenters. The number of halogens is 8. The van der Waals surface area contributed by atoms with E-state index < -0.39 is 242 Å². The fourth-order valence-electron chi connectivity index (χ4n) is 14.8. The number of ether oxygens (including phenoxy) is 8. The summed E-state index contributed by atoms with van der Waals surface area (Å²) in [6, 6.07) is 2.55. The Morgan fingerprint density at radius 2 is 0.280 bits per heavy atom. The van der Waals surface area contributed by atoms with Crippen LogP contribution in [-0.2, 0) is 142 Å². The van der Waals surface area contributed by atoms with Gasteiger partial charge in [-0.25, -0.2) is 0 Å². The first kappa shape index (κ1) is 125. The van der Waals surface area contributed by atoms with E-state index in [2.05, 4.69) is 127 Å². The predicted molar refractivity (Wildman–Crippen MR) is 570 cm³/mol. The Morgan fingerprint density at radius 3 is 0.356 bits per heavy atom. The van der Waals surface area contributed by atoms with Gasteiger partial charge in [0.2, 0.25) is 0 Å². The van der Waals surface area contributed by atoms with Crippen molar-refractivity contribution in [2.45, 2.75) is 373 Å². The van der Waals surface area contributed by atoms with Crippen molar-refractivity contribution in [2.24, 2.45) is 0 Å². The van der Waals surface area contributed by atoms with Gasteiger partial charge < -0.3 is 104 Å². The summed E-state index contributed by atoms with van der Waals surface area (Å²) in [5, 5.41) is 0. The first-order chi connectivity index (χ1) is 59.2. The Balaban J connectivity index is 2.23. The van der Waals surface area contributed by atoms with Gasteiger partial charge in [0.25, 0.3) is 0 Å². The summed E-state index contributed by atoms with van der Waals surface area (Å²) in [6.45, 7) is 59.7. The Bertz CT molecular complexity index is 3120. The molecule has 6 aliphatic rings. The molecule has 0 aromatic rings. The van der Waals surface area contributed by atoms with Crippen molar-refractivity contribution in [1.82, 2.24) is 0 Å². The molecule has 0 N–H and O–H groups in total. The summed E-state index contributed by atoms with van der Waals surface area (Å²) < 4.78 is 177. The van der Waals surface area contributed by atoms with Gasteiger partial charge in [-0.2, -0.15) is 0 Å². The maximum atomic E-state index is 13.6. The van der Waals surface area contributed by atoms with Crippen LogP contribution in [0.5, 0.6) is 0 Å². The van der Waals surface area contributed by atoms with Gasteiger partial charge in [0.05, 0.1) is 75.5 Å². The quantitative estimate of drug-likeness (QED) is 0.0179. The summed E-state index contributed by atoms with van der Waals surface area (Å²) in [4.78, 5) is 109. The second-order valence-corrected chi connectivity index (χ2v) is 121. The fourth-order valence-corrected chi connectivity index (χ4v) is 113. The number of alkyl halides is 8. The number of esters is 8. The SMILES string of the molecule is CC(C)(Br)C(=O)OCCC[Si](C)(C)O[Si]12C[Si]3(O[Si](C)(C)CCCOC(=O)C(C)(C)Br)O[Si]4(O[Si](C)(C)CCCOC(=O)C(C)(C)Br)C[Si]5(O[Si](C)(C)CCCOC(=O)C(C)(C)Br)O[Si](O[Si](C)(C)CCCOC(=O)C(C)(C)Br)(C[Si](O[Si](C)(C)CCCOC(=O)C(C)(C)Br)(O1)O4)O[Si](O[Si](C)(C)CCCOC(=O)C(C)(C)Br)(C[Si](O[Si](C)(C)CCCOC(=O)C(C)(C)Br)(O3)O5)O2. The summed E-state index contributed by atoms with van der Waals surface area (Å²) in [5.41, 5.74) is -1.74. The summed E-state index contributed by atoms with van der Waals surface area (Å²) >= 11 is 28.0. The molecule has 0 aromatic carbocycles. The number of carbonyl (C=O) groups excluding carboxylic acids is 8. The Hall–Kier alpha value is 2.43. The molecule has 0 saturated carbocycles. The monoisotopic (exact) mass is 2660 g/mol. The zero-order chi connectivity index (χ0) is 101. The van der Waals surface area contributed by atoms with Gasteiger partial charge in [-0.3, -0.25) is 38.4 Å². The summed E-state index contributed by atoms with van der Waals surface area (Å²) in [7, 11) is -70.3. The number of hydrogen-bond acceptors (Lipinski definition) is 32. The lowest BCUT2D eigenvalue weighted by molar-refractivity contribution is -0.146. The highest BCUT2D eigenvalue weighted by molar-refractivity contribution is 9.11. The zero-order valence-corrected chi connectivity index (χ0v) is 113. The molecule has 0 unspecified atom stereocenters. The summed E-state index contributed by atoms with van der Waals surface area (Å²) in [6.07, 6.45) is 2.43. The number of carbonyl (C=O) groups is 8. The van der Waals surface area contributed by atoms with Gasteiger partial charge in [-0.1, -0.05) is 127 Å². The Kier molecular flexibility index (Phi) is 44.8. The second kappa shape index (κ2) is 47.3. The fraction of sp³-hybridized carbons (Fsp3) is 0.895. The van der Waals surface area contributed by atoms with Gasteiger partial charge in [-0.15, -0.1) is 0 Å². The van der Waals surface area contributed by atoms with E-state index in [-0.39, 0.29) is 52.9 Å². The van der Waals surface area contributed by atoms with Crippen LogP contribution in [0.4, 0.5) is 0 Å². The van der Waals surface area contributed by atoms with Crippen molar-refractivity contribution < 1.29 is 142 Å². The highest BCUT2D eigenvalue weighted by atomic mass is 79.9. The molecule has 6 heterocycles. The molecule has 0 aliphatic carbocycles. The molecule has 0 amide bonds. The van der Waals surface area contributed by atoms with Crippen molar-refractivity contribution in [3.8, 4) is 0 Å². The van der Waals surface area contributed by atoms with Crippen LogP contribution in [0.3, 0.4) is 0 Å². The minimum absolute atomic E-state index is 0.00233. The lowest BCUT2D eigenvalue weighted by atomic mass is 10.2. The van der Waals surface area contributed by atoms with Crippen molar-refractivity contribution in [1.29, 1.82) is 0 Å². The average Bonchev–Trinajstić information content (AvgIpc) is 0.675. The van der Waals surface area contributed by atoms with Gasteiger partial charge in [0.1, 0.15) is 34.6 Å². The van der Waals surface area contributed by atoms with Gasteiger partial charge >= 0.3 is 118 Å². The highest BCUT2D eigenvalue weighted by Crippen LogP contribution is 2.59. The minimum atomic E-state index is -5.25. The third-order valence-corrected chi connectivity index (χ3v) is 97.3. The maximum absolute atomic E-state index is 13.6. The number of hydrogen-bond donors (Lipinski definition) is 0. The van der Waals surface area contributed by atoms with Crippen LogP contribution >= 0.6 is 127 Å². The van der Waals surface area contributed by atoms with Gasteiger partial charge in [0.15, 0.2) is 66.5 Å². The predicted octanol–water partition coefficient (Wildman–Crippen LogP) is 20.5. The molecule has 768 valence electrons. The normalized spacial score (nSPS) is 25.2. The summed E-state index contributed by atoms with van der Waals surface area (Å²) in [5.74, 6) is -3.81. The molecule has 6 saturated heterocycles. The van der Waals surface area contributed by atoms with Crippen LogP contribution in [0, 0.1) is 0 Å². The molecule has 0 aromatic heterocycles. The lowest BCUT2D eigenvalue weighted by Gasteiger charge is -2.64. The van der Waals surface area contributed by atoms with Crippen LogP contribution in [-0.4, -0.2) is 272 Å². The van der Waals surface area contributed by atoms with Crippen molar-refractivity contribution in [3.05, 3.63) is 0 Å². The topological polar surface area (TPSA) is 358 Å². The van der Waals surface area contributed by atoms with Gasteiger partial charge in [0, 0.05) is 0 Å². The maximum Gasteiger partial charge on any atom is 0.480 e. The smallest absolute Gasteiger partial charge is 0.465 e. The largest absolute Gasteiger partial charge is 0.480 e. The molecule has 8 bridgehead atoms. The first-order valence-electron chi connectivity index (χ1n) is 45.3. The van der Waals surface area contributed by atoms with Crippen molar-refractivity contribution in [3.63, 3.8) is 0 Å².